The molecule has 7 nitrogen and oxygen atoms in total. The van der Waals surface area contributed by atoms with E-state index in [0.29, 0.717) is 11.6 Å². The molecule has 2 heterocycles. The van der Waals surface area contributed by atoms with Crippen LogP contribution in [-0.4, -0.2) is 51.7 Å². The molecule has 0 aliphatic rings. The Hall–Kier alpha value is -1.76. The van der Waals surface area contributed by atoms with Gasteiger partial charge in [0.05, 0.1) is 12.4 Å². The van der Waals surface area contributed by atoms with Gasteiger partial charge in [-0.05, 0) is 22.9 Å². The number of anilines is 1. The van der Waals surface area contributed by atoms with Crippen molar-refractivity contribution in [2.24, 2.45) is 5.92 Å². The summed E-state index contributed by atoms with van der Waals surface area (Å²) in [7, 11) is 2.01. The minimum Gasteiger partial charge on any atom is -0.357 e. The summed E-state index contributed by atoms with van der Waals surface area (Å²) < 4.78 is 1.69. The molecule has 0 radical (unpaired) electrons. The average Bonchev–Trinajstić information content (AvgIpc) is 2.82. The molecule has 0 fully saturated rings. The number of aromatic nitrogens is 5. The zero-order valence-electron chi connectivity index (χ0n) is 11.0. The summed E-state index contributed by atoms with van der Waals surface area (Å²) in [5, 5.41) is 14.9. The Morgan fingerprint density at radius 3 is 3.00 bits per heavy atom. The monoisotopic (exact) mass is 249 g/mol. The fourth-order valence-electron chi connectivity index (χ4n) is 1.68. The molecule has 0 saturated heterocycles. The van der Waals surface area contributed by atoms with Crippen LogP contribution < -0.4 is 10.2 Å². The minimum absolute atomic E-state index is 0.662. The number of rotatable bonds is 6. The van der Waals surface area contributed by atoms with E-state index in [9.17, 15) is 0 Å². The van der Waals surface area contributed by atoms with Gasteiger partial charge in [0.25, 0.3) is 0 Å². The third kappa shape index (κ3) is 2.92. The highest BCUT2D eigenvalue weighted by Gasteiger charge is 2.08. The number of nitrogens with zero attached hydrogens (tertiary/aromatic N) is 6. The molecule has 1 N–H and O–H groups in total. The van der Waals surface area contributed by atoms with Crippen LogP contribution in [0.1, 0.15) is 13.8 Å². The van der Waals surface area contributed by atoms with Crippen molar-refractivity contribution < 1.29 is 0 Å². The summed E-state index contributed by atoms with van der Waals surface area (Å²) in [5.74, 6) is 1.56. The van der Waals surface area contributed by atoms with E-state index in [-0.39, 0.29) is 0 Å². The normalized spacial score (nSPS) is 11.3. The van der Waals surface area contributed by atoms with Crippen LogP contribution >= 0.6 is 0 Å². The molecule has 2 aromatic heterocycles. The van der Waals surface area contributed by atoms with Gasteiger partial charge in [-0.25, -0.2) is 0 Å². The number of hydrogen-bond acceptors (Lipinski definition) is 6. The first kappa shape index (κ1) is 12.7. The smallest absolute Gasteiger partial charge is 0.199 e. The fourth-order valence-corrected chi connectivity index (χ4v) is 1.68. The second-order valence-corrected chi connectivity index (χ2v) is 4.73. The van der Waals surface area contributed by atoms with Crippen LogP contribution in [0.4, 0.5) is 5.82 Å². The fraction of sp³-hybridized carbons (Fsp3) is 0.636. The zero-order chi connectivity index (χ0) is 13.0. The maximum Gasteiger partial charge on any atom is 0.199 e. The van der Waals surface area contributed by atoms with Crippen molar-refractivity contribution in [1.29, 1.82) is 0 Å². The number of tetrazole rings is 1. The summed E-state index contributed by atoms with van der Waals surface area (Å²) >= 11 is 0. The number of fused-ring (bicyclic) bond motifs is 1. The summed E-state index contributed by atoms with van der Waals surface area (Å²) in [6.07, 6.45) is 3.42. The van der Waals surface area contributed by atoms with Crippen molar-refractivity contribution in [2.75, 3.05) is 31.6 Å². The van der Waals surface area contributed by atoms with Gasteiger partial charge in [-0.1, -0.05) is 13.8 Å². The molecule has 0 aliphatic heterocycles. The Balaban J connectivity index is 1.96. The van der Waals surface area contributed by atoms with Crippen molar-refractivity contribution in [3.8, 4) is 0 Å². The number of nitrogens with one attached hydrogen (secondary N) is 1. The molecule has 2 aromatic rings. The maximum absolute atomic E-state index is 4.14. The predicted octanol–water partition coefficient (Wildman–Crippen LogP) is 0.201. The highest BCUT2D eigenvalue weighted by Crippen LogP contribution is 2.09. The van der Waals surface area contributed by atoms with Gasteiger partial charge in [0.2, 0.25) is 0 Å². The summed E-state index contributed by atoms with van der Waals surface area (Å²) in [4.78, 5) is 6.22. The van der Waals surface area contributed by atoms with Crippen LogP contribution in [0.2, 0.25) is 0 Å². The molecule has 0 unspecified atom stereocenters. The molecule has 98 valence electrons. The lowest BCUT2D eigenvalue weighted by atomic mass is 10.2. The molecule has 0 atom stereocenters. The van der Waals surface area contributed by atoms with Crippen molar-refractivity contribution in [3.05, 3.63) is 12.4 Å². The Bertz CT molecular complexity index is 493. The molecule has 0 spiro atoms. The van der Waals surface area contributed by atoms with Gasteiger partial charge in [0, 0.05) is 20.1 Å². The third-order valence-corrected chi connectivity index (χ3v) is 2.66. The predicted molar refractivity (Wildman–Crippen MR) is 69.6 cm³/mol. The first-order chi connectivity index (χ1) is 8.68. The van der Waals surface area contributed by atoms with E-state index in [1.165, 1.54) is 0 Å². The van der Waals surface area contributed by atoms with Gasteiger partial charge in [0.1, 0.15) is 0 Å². The first-order valence-corrected chi connectivity index (χ1v) is 6.12. The molecule has 2 rings (SSSR count). The first-order valence-electron chi connectivity index (χ1n) is 6.12. The van der Waals surface area contributed by atoms with E-state index in [0.717, 1.165) is 25.5 Å². The van der Waals surface area contributed by atoms with E-state index in [1.807, 2.05) is 7.05 Å². The van der Waals surface area contributed by atoms with Gasteiger partial charge in [-0.3, -0.25) is 4.98 Å². The Morgan fingerprint density at radius 1 is 1.39 bits per heavy atom. The standard InChI is InChI=1S/C11H19N7/c1-9(2)6-12-4-5-17(3)11-8-13-7-10-14-15-16-18(10)11/h7-9,12H,4-6H2,1-3H3. The van der Waals surface area contributed by atoms with Crippen LogP contribution in [0.5, 0.6) is 0 Å². The van der Waals surface area contributed by atoms with E-state index >= 15 is 0 Å². The summed E-state index contributed by atoms with van der Waals surface area (Å²) in [5.41, 5.74) is 0.662. The molecular formula is C11H19N7. The molecule has 0 amide bonds. The van der Waals surface area contributed by atoms with Crippen molar-refractivity contribution in [2.45, 2.75) is 13.8 Å². The van der Waals surface area contributed by atoms with E-state index in [4.69, 9.17) is 0 Å². The molecule has 18 heavy (non-hydrogen) atoms. The molecule has 7 heteroatoms. The average molecular weight is 249 g/mol. The van der Waals surface area contributed by atoms with Crippen LogP contribution in [0, 0.1) is 5.92 Å². The maximum atomic E-state index is 4.14. The second kappa shape index (κ2) is 5.72. The SMILES string of the molecule is CC(C)CNCCN(C)c1cncc2nnnn12. The highest BCUT2D eigenvalue weighted by molar-refractivity contribution is 5.45. The van der Waals surface area contributed by atoms with Crippen molar-refractivity contribution in [1.82, 2.24) is 30.3 Å². The van der Waals surface area contributed by atoms with Gasteiger partial charge >= 0.3 is 0 Å². The van der Waals surface area contributed by atoms with Gasteiger partial charge in [-0.2, -0.15) is 4.52 Å². The lowest BCUT2D eigenvalue weighted by Crippen LogP contribution is -2.32. The topological polar surface area (TPSA) is 71.2 Å². The number of hydrogen-bond donors (Lipinski definition) is 1. The Kier molecular flexibility index (Phi) is 4.03. The second-order valence-electron chi connectivity index (χ2n) is 4.73. The lowest BCUT2D eigenvalue weighted by molar-refractivity contribution is 0.553. The zero-order valence-corrected chi connectivity index (χ0v) is 11.0. The van der Waals surface area contributed by atoms with Gasteiger partial charge < -0.3 is 10.2 Å². The van der Waals surface area contributed by atoms with E-state index < -0.39 is 0 Å². The molecule has 0 aliphatic carbocycles. The van der Waals surface area contributed by atoms with E-state index in [2.05, 4.69) is 44.6 Å². The quantitative estimate of drug-likeness (QED) is 0.737. The largest absolute Gasteiger partial charge is 0.357 e. The van der Waals surface area contributed by atoms with Crippen molar-refractivity contribution >= 4 is 11.5 Å². The molecule has 0 saturated carbocycles. The molecule has 0 bridgehead atoms. The van der Waals surface area contributed by atoms with Crippen LogP contribution in [0.25, 0.3) is 5.65 Å². The highest BCUT2D eigenvalue weighted by atomic mass is 15.5. The van der Waals surface area contributed by atoms with Crippen LogP contribution in [-0.2, 0) is 0 Å². The van der Waals surface area contributed by atoms with Gasteiger partial charge in [-0.15, -0.1) is 5.10 Å². The molecular weight excluding hydrogens is 230 g/mol. The third-order valence-electron chi connectivity index (χ3n) is 2.66. The summed E-state index contributed by atoms with van der Waals surface area (Å²) in [6.45, 7) is 7.23. The van der Waals surface area contributed by atoms with Crippen molar-refractivity contribution in [3.63, 3.8) is 0 Å². The minimum atomic E-state index is 0.662. The van der Waals surface area contributed by atoms with Crippen LogP contribution in [0.3, 0.4) is 0 Å². The van der Waals surface area contributed by atoms with E-state index in [1.54, 1.807) is 16.9 Å². The number of likely N-dealkylation sites (N-methyl/N-ethyl adjacent to an activating group) is 1. The lowest BCUT2D eigenvalue weighted by Gasteiger charge is -2.19. The summed E-state index contributed by atoms with van der Waals surface area (Å²) in [6, 6.07) is 0. The van der Waals surface area contributed by atoms with Gasteiger partial charge in [0.15, 0.2) is 11.5 Å². The Labute approximate surface area is 106 Å². The van der Waals surface area contributed by atoms with Crippen LogP contribution in [0.15, 0.2) is 12.4 Å². The molecule has 0 aromatic carbocycles. The Morgan fingerprint density at radius 2 is 2.22 bits per heavy atom.